The summed E-state index contributed by atoms with van der Waals surface area (Å²) in [5, 5.41) is 80.4. The Morgan fingerprint density at radius 3 is 1.74 bits per heavy atom. The second-order valence-corrected chi connectivity index (χ2v) is 9.10. The van der Waals surface area contributed by atoms with Gasteiger partial charge in [0.25, 0.3) is 0 Å². The minimum Gasteiger partial charge on any atom is -0.394 e. The predicted molar refractivity (Wildman–Crippen MR) is 110 cm³/mol. The number of rotatable bonds is 7. The van der Waals surface area contributed by atoms with Crippen LogP contribution in [0.4, 0.5) is 0 Å². The van der Waals surface area contributed by atoms with Gasteiger partial charge in [0, 0.05) is 5.92 Å². The van der Waals surface area contributed by atoms with E-state index < -0.39 is 112 Å². The molecule has 0 radical (unpaired) electrons. The maximum Gasteiger partial charge on any atom is 0.184 e. The summed E-state index contributed by atoms with van der Waals surface area (Å²) in [6.45, 7) is 1.40. The Morgan fingerprint density at radius 1 is 0.618 bits per heavy atom. The Labute approximate surface area is 196 Å². The molecule has 14 nitrogen and oxygen atoms in total. The lowest BCUT2D eigenvalue weighted by molar-refractivity contribution is -0.356. The van der Waals surface area contributed by atoms with Crippen LogP contribution in [0.15, 0.2) is 0 Å². The van der Waals surface area contributed by atoms with Crippen molar-refractivity contribution < 1.29 is 64.5 Å². The second kappa shape index (κ2) is 11.7. The number of aliphatic hydroxyl groups excluding tert-OH is 8. The van der Waals surface area contributed by atoms with E-state index in [1.54, 1.807) is 6.92 Å². The molecule has 200 valence electrons. The van der Waals surface area contributed by atoms with Gasteiger partial charge in [0.2, 0.25) is 0 Å². The topological polar surface area (TPSA) is 234 Å². The fraction of sp³-hybridized carbons (Fsp3) is 1.00. The van der Waals surface area contributed by atoms with Crippen molar-refractivity contribution in [2.24, 2.45) is 11.7 Å². The van der Waals surface area contributed by atoms with E-state index in [1.165, 1.54) is 6.92 Å². The summed E-state index contributed by atoms with van der Waals surface area (Å²) in [7, 11) is 0. The van der Waals surface area contributed by atoms with Crippen molar-refractivity contribution in [3.63, 3.8) is 0 Å². The molecule has 3 aliphatic rings. The van der Waals surface area contributed by atoms with Crippen LogP contribution in [0.25, 0.3) is 0 Å². The van der Waals surface area contributed by atoms with Crippen molar-refractivity contribution in [1.82, 2.24) is 0 Å². The summed E-state index contributed by atoms with van der Waals surface area (Å²) in [6, 6.07) is -1.20. The van der Waals surface area contributed by atoms with Crippen molar-refractivity contribution >= 4 is 0 Å². The van der Waals surface area contributed by atoms with Gasteiger partial charge in [-0.15, -0.1) is 0 Å². The first kappa shape index (κ1) is 28.0. The van der Waals surface area contributed by atoms with Crippen LogP contribution < -0.4 is 5.73 Å². The van der Waals surface area contributed by atoms with Crippen LogP contribution in [-0.4, -0.2) is 146 Å². The highest BCUT2D eigenvalue weighted by molar-refractivity contribution is 4.96. The molecule has 6 unspecified atom stereocenters. The van der Waals surface area contributed by atoms with Gasteiger partial charge in [0.05, 0.1) is 38.1 Å². The molecule has 14 heteroatoms. The van der Waals surface area contributed by atoms with E-state index in [4.69, 9.17) is 29.4 Å². The van der Waals surface area contributed by atoms with E-state index >= 15 is 0 Å². The molecule has 0 saturated carbocycles. The van der Waals surface area contributed by atoms with Crippen molar-refractivity contribution in [3.05, 3.63) is 0 Å². The minimum absolute atomic E-state index is 0.524. The third-order valence-corrected chi connectivity index (χ3v) is 6.81. The van der Waals surface area contributed by atoms with E-state index in [1.807, 2.05) is 0 Å². The number of hydrogen-bond acceptors (Lipinski definition) is 14. The average molecular weight is 500 g/mol. The molecule has 15 atom stereocenters. The summed E-state index contributed by atoms with van der Waals surface area (Å²) in [5.41, 5.74) is 5.91. The van der Waals surface area contributed by atoms with E-state index in [9.17, 15) is 40.9 Å². The van der Waals surface area contributed by atoms with E-state index in [0.717, 1.165) is 0 Å². The van der Waals surface area contributed by atoms with Gasteiger partial charge in [-0.25, -0.2) is 0 Å². The van der Waals surface area contributed by atoms with Crippen molar-refractivity contribution in [1.29, 1.82) is 0 Å². The standard InChI is InChI=1S/C20H37NO13/c1-6-12(25)20(34-18-10(5-24)30-7(2)13(26)16(18)29)32-9(4-23)17(6)33-19-11(21)15(28)14(27)8(3-22)31-19/h6-20,22-29H,3-5,21H2,1-2H3/t6?,7-,8?,9?,10?,11-,12-,13?,14-,15?,16+,17+,18+,19-,20-/m0/s1. The number of nitrogens with two attached hydrogens (primary N) is 1. The Balaban J connectivity index is 1.72. The van der Waals surface area contributed by atoms with E-state index in [-0.39, 0.29) is 0 Å². The highest BCUT2D eigenvalue weighted by Crippen LogP contribution is 2.34. The number of hydrogen-bond donors (Lipinski definition) is 9. The van der Waals surface area contributed by atoms with Gasteiger partial charge in [-0.05, 0) is 6.92 Å². The summed E-state index contributed by atoms with van der Waals surface area (Å²) >= 11 is 0. The molecule has 0 amide bonds. The van der Waals surface area contributed by atoms with Crippen LogP contribution in [0.3, 0.4) is 0 Å². The largest absolute Gasteiger partial charge is 0.394 e. The Morgan fingerprint density at radius 2 is 1.15 bits per heavy atom. The Bertz CT molecular complexity index is 640. The minimum atomic E-state index is -1.46. The SMILES string of the molecule is CC1[C@@H](O[C@@H]2OC(CO)[C@H](O)C(O)[C@@H]2N)C(CO)O[C@@H](O[C@@H]2C(CO)O[C@@H](C)C(O)[C@H]2O)[C@H]1O. The summed E-state index contributed by atoms with van der Waals surface area (Å²) in [4.78, 5) is 0. The molecule has 3 rings (SSSR count). The molecule has 3 aliphatic heterocycles. The Hall–Kier alpha value is -0.560. The summed E-state index contributed by atoms with van der Waals surface area (Å²) < 4.78 is 28.2. The zero-order valence-electron chi connectivity index (χ0n) is 19.0. The normalized spacial score (nSPS) is 52.5. The molecule has 0 aromatic heterocycles. The van der Waals surface area contributed by atoms with Gasteiger partial charge >= 0.3 is 0 Å². The monoisotopic (exact) mass is 499 g/mol. The van der Waals surface area contributed by atoms with Crippen molar-refractivity contribution in [3.8, 4) is 0 Å². The summed E-state index contributed by atoms with van der Waals surface area (Å²) in [5.74, 6) is -0.763. The quantitative estimate of drug-likeness (QED) is 0.159. The van der Waals surface area contributed by atoms with Crippen LogP contribution in [0.5, 0.6) is 0 Å². The molecule has 0 spiro atoms. The predicted octanol–water partition coefficient (Wildman–Crippen LogP) is -5.26. The molecule has 0 aromatic rings. The summed E-state index contributed by atoms with van der Waals surface area (Å²) in [6.07, 6.45) is -15.9. The molecule has 0 aromatic carbocycles. The molecular weight excluding hydrogens is 462 g/mol. The van der Waals surface area contributed by atoms with Crippen LogP contribution in [0.2, 0.25) is 0 Å². The maximum absolute atomic E-state index is 10.8. The molecule has 10 N–H and O–H groups in total. The zero-order valence-corrected chi connectivity index (χ0v) is 19.0. The molecule has 3 saturated heterocycles. The molecule has 0 aliphatic carbocycles. The van der Waals surface area contributed by atoms with Gasteiger partial charge in [0.15, 0.2) is 12.6 Å². The highest BCUT2D eigenvalue weighted by Gasteiger charge is 2.51. The van der Waals surface area contributed by atoms with Crippen LogP contribution in [0.1, 0.15) is 13.8 Å². The van der Waals surface area contributed by atoms with Crippen molar-refractivity contribution in [2.75, 3.05) is 19.8 Å². The van der Waals surface area contributed by atoms with E-state index in [2.05, 4.69) is 0 Å². The van der Waals surface area contributed by atoms with Crippen LogP contribution >= 0.6 is 0 Å². The lowest BCUT2D eigenvalue weighted by Crippen LogP contribution is -2.66. The lowest BCUT2D eigenvalue weighted by Gasteiger charge is -2.48. The van der Waals surface area contributed by atoms with Gasteiger partial charge < -0.3 is 70.3 Å². The fourth-order valence-corrected chi connectivity index (χ4v) is 4.56. The Kier molecular flexibility index (Phi) is 9.61. The number of ether oxygens (including phenoxy) is 5. The van der Waals surface area contributed by atoms with Crippen LogP contribution in [0, 0.1) is 5.92 Å². The van der Waals surface area contributed by atoms with Gasteiger partial charge in [-0.2, -0.15) is 0 Å². The molecule has 3 heterocycles. The first-order chi connectivity index (χ1) is 16.0. The van der Waals surface area contributed by atoms with Gasteiger partial charge in [0.1, 0.15) is 54.9 Å². The first-order valence-electron chi connectivity index (χ1n) is 11.3. The third kappa shape index (κ3) is 5.40. The molecule has 3 fully saturated rings. The fourth-order valence-electron chi connectivity index (χ4n) is 4.56. The lowest BCUT2D eigenvalue weighted by atomic mass is 9.89. The van der Waals surface area contributed by atoms with Crippen LogP contribution in [-0.2, 0) is 23.7 Å². The van der Waals surface area contributed by atoms with Gasteiger partial charge in [-0.3, -0.25) is 0 Å². The molecular formula is C20H37NO13. The zero-order chi connectivity index (χ0) is 25.3. The average Bonchev–Trinajstić information content (AvgIpc) is 2.83. The maximum atomic E-state index is 10.8. The second-order valence-electron chi connectivity index (χ2n) is 9.10. The highest BCUT2D eigenvalue weighted by atomic mass is 16.7. The van der Waals surface area contributed by atoms with E-state index in [0.29, 0.717) is 0 Å². The first-order valence-corrected chi connectivity index (χ1v) is 11.3. The molecule has 34 heavy (non-hydrogen) atoms. The van der Waals surface area contributed by atoms with Crippen molar-refractivity contribution in [2.45, 2.75) is 99.6 Å². The number of aliphatic hydroxyl groups is 8. The molecule has 0 bridgehead atoms. The third-order valence-electron chi connectivity index (χ3n) is 6.81. The van der Waals surface area contributed by atoms with Gasteiger partial charge in [-0.1, -0.05) is 6.92 Å². The smallest absolute Gasteiger partial charge is 0.184 e.